The first-order valence-corrected chi connectivity index (χ1v) is 11.6. The van der Waals surface area contributed by atoms with Crippen molar-refractivity contribution >= 4 is 44.8 Å². The van der Waals surface area contributed by atoms with E-state index in [2.05, 4.69) is 27.8 Å². The van der Waals surface area contributed by atoms with Gasteiger partial charge in [0, 0.05) is 28.9 Å². The van der Waals surface area contributed by atoms with Gasteiger partial charge < -0.3 is 14.5 Å². The van der Waals surface area contributed by atoms with Crippen LogP contribution in [0.15, 0.2) is 28.7 Å². The molecule has 2 rings (SSSR count). The maximum atomic E-state index is 12.5. The van der Waals surface area contributed by atoms with E-state index in [1.165, 1.54) is 0 Å². The summed E-state index contributed by atoms with van der Waals surface area (Å²) in [5.41, 5.74) is 2.54. The molecule has 0 saturated carbocycles. The van der Waals surface area contributed by atoms with Crippen molar-refractivity contribution in [3.8, 4) is 0 Å². The van der Waals surface area contributed by atoms with Crippen LogP contribution >= 0.6 is 15.9 Å². The number of unbranched alkanes of at least 4 members (excludes halogenated alkanes) is 1. The summed E-state index contributed by atoms with van der Waals surface area (Å²) in [6.07, 6.45) is 1.90. The predicted octanol–water partition coefficient (Wildman–Crippen LogP) is 5.70. The largest absolute Gasteiger partial charge is 0.465 e. The molecule has 174 valence electrons. The predicted molar refractivity (Wildman–Crippen MR) is 131 cm³/mol. The zero-order chi connectivity index (χ0) is 23.8. The molecule has 1 aromatic carbocycles. The van der Waals surface area contributed by atoms with E-state index >= 15 is 0 Å². The quantitative estimate of drug-likeness (QED) is 0.219. The first-order chi connectivity index (χ1) is 15.2. The number of aryl methyl sites for hydroxylation is 2. The van der Waals surface area contributed by atoms with E-state index in [-0.39, 0.29) is 24.7 Å². The van der Waals surface area contributed by atoms with Crippen molar-refractivity contribution in [3.63, 3.8) is 0 Å². The van der Waals surface area contributed by atoms with Crippen LogP contribution in [0.25, 0.3) is 0 Å². The van der Waals surface area contributed by atoms with Gasteiger partial charge in [-0.15, -0.1) is 0 Å². The Morgan fingerprint density at radius 1 is 1.19 bits per heavy atom. The van der Waals surface area contributed by atoms with Crippen molar-refractivity contribution in [3.05, 3.63) is 50.1 Å². The highest BCUT2D eigenvalue weighted by atomic mass is 79.9. The third kappa shape index (κ3) is 6.18. The van der Waals surface area contributed by atoms with Crippen LogP contribution in [0.5, 0.6) is 0 Å². The number of nitrogens with zero attached hydrogens (tertiary/aromatic N) is 4. The van der Waals surface area contributed by atoms with Crippen molar-refractivity contribution in [2.45, 2.75) is 47.5 Å². The molecule has 1 heterocycles. The van der Waals surface area contributed by atoms with Crippen LogP contribution in [0.4, 0.5) is 22.9 Å². The van der Waals surface area contributed by atoms with Gasteiger partial charge in [0.15, 0.2) is 0 Å². The zero-order valence-electron chi connectivity index (χ0n) is 19.4. The molecule has 0 N–H and O–H groups in total. The molecule has 0 aliphatic heterocycles. The maximum absolute atomic E-state index is 12.5. The topological polar surface area (TPSA) is 88.8 Å². The average molecular weight is 507 g/mol. The summed E-state index contributed by atoms with van der Waals surface area (Å²) < 4.78 is 6.04. The number of rotatable bonds is 11. The standard InChI is InChI=1S/C23H31BrN4O4/c1-6-9-12-26(7-2)20-14-17(5)25-23(22(20)28(30)31)27(15-21(29)32-8-3)19-11-10-18(24)13-16(19)4/h10-11,13-14H,6-9,12,15H2,1-5H3. The molecule has 2 aromatic rings. The van der Waals surface area contributed by atoms with E-state index in [4.69, 9.17) is 4.74 Å². The lowest BCUT2D eigenvalue weighted by molar-refractivity contribution is -0.383. The Bertz CT molecular complexity index is 967. The Morgan fingerprint density at radius 3 is 2.47 bits per heavy atom. The number of hydrogen-bond acceptors (Lipinski definition) is 7. The fourth-order valence-electron chi connectivity index (χ4n) is 3.57. The van der Waals surface area contributed by atoms with Gasteiger partial charge in [-0.3, -0.25) is 14.9 Å². The van der Waals surface area contributed by atoms with E-state index in [1.807, 2.05) is 36.9 Å². The number of carbonyl (C=O) groups excluding carboxylic acids is 1. The number of pyridine rings is 1. The second-order valence-corrected chi connectivity index (χ2v) is 8.38. The first-order valence-electron chi connectivity index (χ1n) is 10.8. The van der Waals surface area contributed by atoms with Crippen LogP contribution in [0, 0.1) is 24.0 Å². The number of hydrogen-bond donors (Lipinski definition) is 0. The summed E-state index contributed by atoms with van der Waals surface area (Å²) in [5, 5.41) is 12.3. The molecular weight excluding hydrogens is 476 g/mol. The van der Waals surface area contributed by atoms with Crippen LogP contribution in [0.3, 0.4) is 0 Å². The van der Waals surface area contributed by atoms with Crippen LogP contribution < -0.4 is 9.80 Å². The molecule has 0 bridgehead atoms. The summed E-state index contributed by atoms with van der Waals surface area (Å²) in [4.78, 5) is 32.5. The average Bonchev–Trinajstić information content (AvgIpc) is 2.72. The molecule has 9 heteroatoms. The Morgan fingerprint density at radius 2 is 1.91 bits per heavy atom. The second kappa shape index (κ2) is 11.8. The molecule has 0 spiro atoms. The van der Waals surface area contributed by atoms with Gasteiger partial charge in [-0.1, -0.05) is 29.3 Å². The van der Waals surface area contributed by atoms with Gasteiger partial charge in [-0.05, 0) is 63.9 Å². The molecule has 0 fully saturated rings. The number of carbonyl (C=O) groups is 1. The number of aromatic nitrogens is 1. The minimum absolute atomic E-state index is 0.111. The highest BCUT2D eigenvalue weighted by Gasteiger charge is 2.31. The van der Waals surface area contributed by atoms with Gasteiger partial charge >= 0.3 is 11.7 Å². The zero-order valence-corrected chi connectivity index (χ0v) is 20.9. The summed E-state index contributed by atoms with van der Waals surface area (Å²) in [6.45, 7) is 10.8. The maximum Gasteiger partial charge on any atom is 0.335 e. The SMILES string of the molecule is CCCCN(CC)c1cc(C)nc(N(CC(=O)OCC)c2ccc(Br)cc2C)c1[N+](=O)[O-]. The monoisotopic (exact) mass is 506 g/mol. The lowest BCUT2D eigenvalue weighted by atomic mass is 10.1. The number of ether oxygens (including phenoxy) is 1. The van der Waals surface area contributed by atoms with Gasteiger partial charge in [0.2, 0.25) is 5.82 Å². The van der Waals surface area contributed by atoms with Crippen molar-refractivity contribution in [2.75, 3.05) is 36.0 Å². The minimum atomic E-state index is -0.479. The van der Waals surface area contributed by atoms with Gasteiger partial charge in [-0.25, -0.2) is 4.98 Å². The Labute approximate surface area is 197 Å². The van der Waals surface area contributed by atoms with Crippen LogP contribution in [0.1, 0.15) is 44.9 Å². The molecular formula is C23H31BrN4O4. The third-order valence-corrected chi connectivity index (χ3v) is 5.56. The minimum Gasteiger partial charge on any atom is -0.465 e. The van der Waals surface area contributed by atoms with Crippen molar-refractivity contribution in [2.24, 2.45) is 0 Å². The molecule has 0 unspecified atom stereocenters. The van der Waals surface area contributed by atoms with Crippen molar-refractivity contribution in [1.82, 2.24) is 4.98 Å². The number of esters is 1. The van der Waals surface area contributed by atoms with Gasteiger partial charge in [-0.2, -0.15) is 0 Å². The molecule has 0 atom stereocenters. The van der Waals surface area contributed by atoms with Crippen molar-refractivity contribution in [1.29, 1.82) is 0 Å². The lowest BCUT2D eigenvalue weighted by Crippen LogP contribution is -2.30. The fourth-order valence-corrected chi connectivity index (χ4v) is 4.04. The number of benzene rings is 1. The normalized spacial score (nSPS) is 10.7. The van der Waals surface area contributed by atoms with Crippen LogP contribution in [-0.4, -0.2) is 42.1 Å². The van der Waals surface area contributed by atoms with Crippen molar-refractivity contribution < 1.29 is 14.5 Å². The van der Waals surface area contributed by atoms with Crippen LogP contribution in [-0.2, 0) is 9.53 Å². The Hall–Kier alpha value is -2.68. The molecule has 0 aliphatic carbocycles. The van der Waals surface area contributed by atoms with Gasteiger partial charge in [0.1, 0.15) is 12.2 Å². The lowest BCUT2D eigenvalue weighted by Gasteiger charge is -2.28. The molecule has 0 amide bonds. The first kappa shape index (κ1) is 25.6. The molecule has 32 heavy (non-hydrogen) atoms. The number of anilines is 3. The number of halogens is 1. The Balaban J connectivity index is 2.75. The smallest absolute Gasteiger partial charge is 0.335 e. The molecule has 0 aliphatic rings. The van der Waals surface area contributed by atoms with Crippen LogP contribution in [0.2, 0.25) is 0 Å². The van der Waals surface area contributed by atoms with E-state index in [1.54, 1.807) is 24.8 Å². The highest BCUT2D eigenvalue weighted by molar-refractivity contribution is 9.10. The van der Waals surface area contributed by atoms with Gasteiger partial charge in [0.05, 0.1) is 11.5 Å². The third-order valence-electron chi connectivity index (χ3n) is 5.07. The van der Waals surface area contributed by atoms with E-state index in [0.717, 1.165) is 22.9 Å². The fraction of sp³-hybridized carbons (Fsp3) is 0.478. The highest BCUT2D eigenvalue weighted by Crippen LogP contribution is 2.41. The molecule has 1 aromatic heterocycles. The number of nitro groups is 1. The summed E-state index contributed by atoms with van der Waals surface area (Å²) in [6, 6.07) is 7.30. The second-order valence-electron chi connectivity index (χ2n) is 7.47. The van der Waals surface area contributed by atoms with E-state index in [0.29, 0.717) is 30.2 Å². The molecule has 0 saturated heterocycles. The molecule has 8 nitrogen and oxygen atoms in total. The summed E-state index contributed by atoms with van der Waals surface area (Å²) in [5.74, 6) is -0.342. The Kier molecular flexibility index (Phi) is 9.43. The van der Waals surface area contributed by atoms with Gasteiger partial charge in [0.25, 0.3) is 0 Å². The summed E-state index contributed by atoms with van der Waals surface area (Å²) >= 11 is 3.45. The van der Waals surface area contributed by atoms with E-state index in [9.17, 15) is 14.9 Å². The summed E-state index contributed by atoms with van der Waals surface area (Å²) in [7, 11) is 0. The molecule has 0 radical (unpaired) electrons. The van der Waals surface area contributed by atoms with E-state index < -0.39 is 10.9 Å².